The molecule has 0 bridgehead atoms. The second kappa shape index (κ2) is 4.93. The lowest BCUT2D eigenvalue weighted by Crippen LogP contribution is -2.64. The first-order valence-electron chi connectivity index (χ1n) is 7.32. The molecule has 0 spiro atoms. The highest BCUT2D eigenvalue weighted by atomic mass is 16.2. The number of hydrogen-bond donors (Lipinski definition) is 1. The van der Waals surface area contributed by atoms with Crippen molar-refractivity contribution in [2.75, 3.05) is 6.54 Å². The van der Waals surface area contributed by atoms with E-state index in [1.54, 1.807) is 0 Å². The van der Waals surface area contributed by atoms with E-state index in [-0.39, 0.29) is 23.9 Å². The highest BCUT2D eigenvalue weighted by Gasteiger charge is 2.48. The third-order valence-electron chi connectivity index (χ3n) is 4.77. The Bertz CT molecular complexity index is 517. The molecule has 0 radical (unpaired) electrons. The van der Waals surface area contributed by atoms with Crippen LogP contribution >= 0.6 is 0 Å². The minimum absolute atomic E-state index is 0.0392. The van der Waals surface area contributed by atoms with Gasteiger partial charge in [0.15, 0.2) is 0 Å². The van der Waals surface area contributed by atoms with Crippen LogP contribution in [0.15, 0.2) is 30.3 Å². The molecule has 3 rings (SSSR count). The van der Waals surface area contributed by atoms with Gasteiger partial charge in [0, 0.05) is 5.54 Å². The van der Waals surface area contributed by atoms with Gasteiger partial charge in [0.25, 0.3) is 5.91 Å². The highest BCUT2D eigenvalue weighted by molar-refractivity contribution is 5.96. The van der Waals surface area contributed by atoms with Crippen LogP contribution in [-0.4, -0.2) is 28.8 Å². The van der Waals surface area contributed by atoms with E-state index in [4.69, 9.17) is 0 Å². The smallest absolute Gasteiger partial charge is 0.250 e. The van der Waals surface area contributed by atoms with Crippen LogP contribution in [0.1, 0.15) is 44.2 Å². The monoisotopic (exact) mass is 272 g/mol. The van der Waals surface area contributed by atoms with E-state index in [0.717, 1.165) is 31.2 Å². The Labute approximate surface area is 119 Å². The first-order valence-corrected chi connectivity index (χ1v) is 7.32. The van der Waals surface area contributed by atoms with Gasteiger partial charge >= 0.3 is 0 Å². The maximum Gasteiger partial charge on any atom is 0.250 e. The van der Waals surface area contributed by atoms with E-state index < -0.39 is 6.04 Å². The van der Waals surface area contributed by atoms with Gasteiger partial charge < -0.3 is 10.2 Å². The summed E-state index contributed by atoms with van der Waals surface area (Å²) in [5.41, 5.74) is 0.781. The first kappa shape index (κ1) is 13.2. The van der Waals surface area contributed by atoms with Crippen LogP contribution in [0, 0.1) is 0 Å². The van der Waals surface area contributed by atoms with Crippen molar-refractivity contribution in [3.63, 3.8) is 0 Å². The minimum Gasteiger partial charge on any atom is -0.339 e. The number of hydrogen-bond acceptors (Lipinski definition) is 2. The van der Waals surface area contributed by atoms with Crippen LogP contribution in [0.2, 0.25) is 0 Å². The molecular formula is C16H20N2O2. The van der Waals surface area contributed by atoms with E-state index in [0.29, 0.717) is 0 Å². The normalized spacial score (nSPS) is 25.1. The lowest BCUT2D eigenvalue weighted by Gasteiger charge is -2.52. The molecule has 1 N–H and O–H groups in total. The second-order valence-corrected chi connectivity index (χ2v) is 5.77. The van der Waals surface area contributed by atoms with Crippen molar-refractivity contribution >= 4 is 11.8 Å². The Kier molecular flexibility index (Phi) is 3.24. The number of benzene rings is 1. The first-order chi connectivity index (χ1) is 9.66. The van der Waals surface area contributed by atoms with Crippen molar-refractivity contribution in [1.29, 1.82) is 0 Å². The van der Waals surface area contributed by atoms with Crippen LogP contribution in [0.5, 0.6) is 0 Å². The summed E-state index contributed by atoms with van der Waals surface area (Å²) in [7, 11) is 0. The van der Waals surface area contributed by atoms with Gasteiger partial charge in [-0.3, -0.25) is 9.59 Å². The molecule has 4 heteroatoms. The largest absolute Gasteiger partial charge is 0.339 e. The fourth-order valence-electron chi connectivity index (χ4n) is 3.32. The molecule has 1 heterocycles. The molecule has 1 aromatic rings. The molecule has 1 aromatic carbocycles. The molecule has 20 heavy (non-hydrogen) atoms. The number of nitrogens with zero attached hydrogens (tertiary/aromatic N) is 1. The van der Waals surface area contributed by atoms with Crippen LogP contribution in [0.3, 0.4) is 0 Å². The van der Waals surface area contributed by atoms with Gasteiger partial charge in [-0.15, -0.1) is 0 Å². The van der Waals surface area contributed by atoms with Crippen molar-refractivity contribution in [1.82, 2.24) is 10.2 Å². The summed E-state index contributed by atoms with van der Waals surface area (Å²) in [6.07, 6.45) is 4.11. The van der Waals surface area contributed by atoms with Crippen LogP contribution in [0.4, 0.5) is 0 Å². The van der Waals surface area contributed by atoms with Crippen molar-refractivity contribution in [2.24, 2.45) is 0 Å². The molecule has 2 amide bonds. The number of rotatable bonds is 3. The maximum atomic E-state index is 12.8. The van der Waals surface area contributed by atoms with Crippen LogP contribution < -0.4 is 5.32 Å². The molecule has 2 aliphatic rings. The Hall–Kier alpha value is -1.84. The van der Waals surface area contributed by atoms with E-state index >= 15 is 0 Å². The highest BCUT2D eigenvalue weighted by Crippen LogP contribution is 2.42. The summed E-state index contributed by atoms with van der Waals surface area (Å²) in [6, 6.07) is 8.97. The van der Waals surface area contributed by atoms with Gasteiger partial charge in [0.1, 0.15) is 12.6 Å². The lowest BCUT2D eigenvalue weighted by molar-refractivity contribution is -0.155. The molecule has 2 fully saturated rings. The van der Waals surface area contributed by atoms with Crippen molar-refractivity contribution in [3.8, 4) is 0 Å². The number of piperazine rings is 1. The zero-order valence-electron chi connectivity index (χ0n) is 11.8. The van der Waals surface area contributed by atoms with Gasteiger partial charge in [-0.1, -0.05) is 37.3 Å². The molecular weight excluding hydrogens is 252 g/mol. The molecule has 1 unspecified atom stereocenters. The van der Waals surface area contributed by atoms with Gasteiger partial charge in [0.2, 0.25) is 5.91 Å². The minimum atomic E-state index is -0.526. The summed E-state index contributed by atoms with van der Waals surface area (Å²) in [6.45, 7) is 2.31. The molecule has 1 atom stereocenters. The van der Waals surface area contributed by atoms with E-state index in [1.165, 1.54) is 0 Å². The average Bonchev–Trinajstić information content (AvgIpc) is 2.42. The van der Waals surface area contributed by atoms with Crippen LogP contribution in [0.25, 0.3) is 0 Å². The van der Waals surface area contributed by atoms with Crippen molar-refractivity contribution in [3.05, 3.63) is 35.9 Å². The van der Waals surface area contributed by atoms with Gasteiger partial charge in [-0.2, -0.15) is 0 Å². The third-order valence-corrected chi connectivity index (χ3v) is 4.77. The molecule has 1 saturated heterocycles. The molecule has 1 aliphatic carbocycles. The molecule has 4 nitrogen and oxygen atoms in total. The van der Waals surface area contributed by atoms with Crippen LogP contribution in [-0.2, 0) is 9.59 Å². The van der Waals surface area contributed by atoms with E-state index in [1.807, 2.05) is 35.2 Å². The standard InChI is InChI=1S/C16H20N2O2/c1-2-16(9-6-10-16)18-11-13(19)17-14(15(18)20)12-7-4-3-5-8-12/h3-5,7-8,14H,2,6,9-11H2,1H3,(H,17,19). The van der Waals surface area contributed by atoms with Crippen molar-refractivity contribution in [2.45, 2.75) is 44.2 Å². The number of amides is 2. The number of nitrogens with one attached hydrogen (secondary N) is 1. The zero-order valence-corrected chi connectivity index (χ0v) is 11.8. The SMILES string of the molecule is CCC1(N2CC(=O)NC(c3ccccc3)C2=O)CCC1. The topological polar surface area (TPSA) is 49.4 Å². The van der Waals surface area contributed by atoms with Crippen molar-refractivity contribution < 1.29 is 9.59 Å². The summed E-state index contributed by atoms with van der Waals surface area (Å²) < 4.78 is 0. The fraction of sp³-hybridized carbons (Fsp3) is 0.500. The summed E-state index contributed by atoms with van der Waals surface area (Å²) in [5.74, 6) is -0.0180. The van der Waals surface area contributed by atoms with E-state index in [9.17, 15) is 9.59 Å². The van der Waals surface area contributed by atoms with Gasteiger partial charge in [-0.25, -0.2) is 0 Å². The number of carbonyl (C=O) groups is 2. The number of carbonyl (C=O) groups excluding carboxylic acids is 2. The Morgan fingerprint density at radius 2 is 1.95 bits per heavy atom. The zero-order chi connectivity index (χ0) is 14.2. The van der Waals surface area contributed by atoms with Gasteiger partial charge in [0.05, 0.1) is 0 Å². The third kappa shape index (κ3) is 1.99. The quantitative estimate of drug-likeness (QED) is 0.915. The Morgan fingerprint density at radius 1 is 1.25 bits per heavy atom. The Morgan fingerprint density at radius 3 is 2.50 bits per heavy atom. The Balaban J connectivity index is 1.90. The maximum absolute atomic E-state index is 12.8. The fourth-order valence-corrected chi connectivity index (χ4v) is 3.32. The predicted molar refractivity (Wildman–Crippen MR) is 75.9 cm³/mol. The average molecular weight is 272 g/mol. The molecule has 106 valence electrons. The molecule has 1 saturated carbocycles. The van der Waals surface area contributed by atoms with E-state index in [2.05, 4.69) is 12.2 Å². The second-order valence-electron chi connectivity index (χ2n) is 5.77. The lowest BCUT2D eigenvalue weighted by atomic mass is 9.72. The summed E-state index contributed by atoms with van der Waals surface area (Å²) >= 11 is 0. The molecule has 0 aromatic heterocycles. The van der Waals surface area contributed by atoms with Gasteiger partial charge in [-0.05, 0) is 31.2 Å². The predicted octanol–water partition coefficient (Wildman–Crippen LogP) is 2.02. The summed E-state index contributed by atoms with van der Waals surface area (Å²) in [4.78, 5) is 26.6. The molecule has 1 aliphatic heterocycles. The summed E-state index contributed by atoms with van der Waals surface area (Å²) in [5, 5.41) is 2.83.